The maximum atomic E-state index is 9.78. The van der Waals surface area contributed by atoms with E-state index >= 15 is 0 Å². The zero-order valence-electron chi connectivity index (χ0n) is 11.7. The first-order chi connectivity index (χ1) is 8.21. The van der Waals surface area contributed by atoms with Gasteiger partial charge in [-0.15, -0.1) is 0 Å². The van der Waals surface area contributed by atoms with Crippen molar-refractivity contribution in [2.75, 3.05) is 0 Å². The predicted molar refractivity (Wildman–Crippen MR) is 73.2 cm³/mol. The molecular weight excluding hydrogens is 228 g/mol. The molecule has 0 bridgehead atoms. The van der Waals surface area contributed by atoms with Gasteiger partial charge in [0.1, 0.15) is 0 Å². The van der Waals surface area contributed by atoms with Crippen LogP contribution in [-0.2, 0) is 0 Å². The van der Waals surface area contributed by atoms with Gasteiger partial charge in [0.05, 0.1) is 17.8 Å². The lowest BCUT2D eigenvalue weighted by atomic mass is 9.79. The molecule has 0 spiro atoms. The Morgan fingerprint density at radius 1 is 1.56 bits per heavy atom. The molecule has 0 radical (unpaired) electrons. The Kier molecular flexibility index (Phi) is 5.14. The minimum Gasteiger partial charge on any atom is -0.393 e. The van der Waals surface area contributed by atoms with E-state index in [4.69, 9.17) is 0 Å². The summed E-state index contributed by atoms with van der Waals surface area (Å²) in [7, 11) is 0. The number of aliphatic hydroxyl groups excluding tert-OH is 2. The van der Waals surface area contributed by atoms with E-state index in [1.165, 1.54) is 0 Å². The van der Waals surface area contributed by atoms with E-state index in [1.807, 2.05) is 13.0 Å². The van der Waals surface area contributed by atoms with Crippen LogP contribution in [0.5, 0.6) is 0 Å². The maximum Gasteiger partial charge on any atom is 0.0856 e. The van der Waals surface area contributed by atoms with Crippen molar-refractivity contribution in [3.05, 3.63) is 23.8 Å². The summed E-state index contributed by atoms with van der Waals surface area (Å²) in [5.74, 6) is 0.211. The Morgan fingerprint density at radius 2 is 2.17 bits per heavy atom. The highest BCUT2D eigenvalue weighted by atomic mass is 16.3. The van der Waals surface area contributed by atoms with Gasteiger partial charge in [-0.05, 0) is 46.5 Å². The summed E-state index contributed by atoms with van der Waals surface area (Å²) in [6.07, 6.45) is 3.75. The molecule has 3 atom stereocenters. The van der Waals surface area contributed by atoms with Gasteiger partial charge in [0.25, 0.3) is 0 Å². The normalized spacial score (nSPS) is 28.3. The van der Waals surface area contributed by atoms with Crippen LogP contribution in [0.1, 0.15) is 46.5 Å². The summed E-state index contributed by atoms with van der Waals surface area (Å²) in [6.45, 7) is 9.27. The minimum absolute atomic E-state index is 0.211. The number of aliphatic hydroxyl groups is 3. The molecule has 3 nitrogen and oxygen atoms in total. The van der Waals surface area contributed by atoms with Crippen molar-refractivity contribution in [3.8, 4) is 0 Å². The third-order valence-corrected chi connectivity index (χ3v) is 3.83. The highest BCUT2D eigenvalue weighted by molar-refractivity contribution is 5.20. The highest BCUT2D eigenvalue weighted by Crippen LogP contribution is 2.33. The molecule has 0 aromatic heterocycles. The Bertz CT molecular complexity index is 325. The van der Waals surface area contributed by atoms with Crippen LogP contribution < -0.4 is 0 Å². The number of hydrogen-bond donors (Lipinski definition) is 3. The van der Waals surface area contributed by atoms with Crippen LogP contribution in [0.15, 0.2) is 23.8 Å². The van der Waals surface area contributed by atoms with Gasteiger partial charge >= 0.3 is 0 Å². The summed E-state index contributed by atoms with van der Waals surface area (Å²) in [4.78, 5) is 0. The van der Waals surface area contributed by atoms with Crippen LogP contribution in [0.25, 0.3) is 0 Å². The number of rotatable bonds is 4. The molecule has 0 saturated heterocycles. The molecule has 0 amide bonds. The van der Waals surface area contributed by atoms with E-state index in [-0.39, 0.29) is 12.0 Å². The maximum absolute atomic E-state index is 9.78. The van der Waals surface area contributed by atoms with Crippen LogP contribution >= 0.6 is 0 Å². The van der Waals surface area contributed by atoms with Crippen LogP contribution in [0.2, 0.25) is 0 Å². The summed E-state index contributed by atoms with van der Waals surface area (Å²) in [5, 5.41) is 29.1. The van der Waals surface area contributed by atoms with Gasteiger partial charge < -0.3 is 15.3 Å². The molecule has 1 aliphatic rings. The molecule has 3 heteroatoms. The van der Waals surface area contributed by atoms with Crippen LogP contribution in [-0.4, -0.2) is 33.1 Å². The first-order valence-electron chi connectivity index (χ1n) is 6.64. The van der Waals surface area contributed by atoms with E-state index in [9.17, 15) is 15.3 Å². The molecule has 0 heterocycles. The van der Waals surface area contributed by atoms with Crippen molar-refractivity contribution in [2.45, 2.75) is 64.3 Å². The highest BCUT2D eigenvalue weighted by Gasteiger charge is 2.26. The van der Waals surface area contributed by atoms with Gasteiger partial charge in [-0.2, -0.15) is 0 Å². The third kappa shape index (κ3) is 4.23. The van der Waals surface area contributed by atoms with Gasteiger partial charge in [-0.3, -0.25) is 0 Å². The fourth-order valence-electron chi connectivity index (χ4n) is 2.32. The van der Waals surface area contributed by atoms with Crippen molar-refractivity contribution in [3.63, 3.8) is 0 Å². The van der Waals surface area contributed by atoms with E-state index in [0.29, 0.717) is 6.42 Å². The quantitative estimate of drug-likeness (QED) is 0.674. The summed E-state index contributed by atoms with van der Waals surface area (Å²) in [5.41, 5.74) is 1.20. The number of allylic oxidation sites excluding steroid dienone is 2. The lowest BCUT2D eigenvalue weighted by molar-refractivity contribution is -0.0457. The topological polar surface area (TPSA) is 60.7 Å². The van der Waals surface area contributed by atoms with Crippen LogP contribution in [0, 0.1) is 5.92 Å². The largest absolute Gasteiger partial charge is 0.393 e. The van der Waals surface area contributed by atoms with Crippen molar-refractivity contribution in [1.29, 1.82) is 0 Å². The van der Waals surface area contributed by atoms with Crippen LogP contribution in [0.3, 0.4) is 0 Å². The second kappa shape index (κ2) is 6.00. The first-order valence-corrected chi connectivity index (χ1v) is 6.64. The minimum atomic E-state index is -1.08. The van der Waals surface area contributed by atoms with E-state index in [1.54, 1.807) is 13.8 Å². The lowest BCUT2D eigenvalue weighted by Crippen LogP contribution is -2.35. The summed E-state index contributed by atoms with van der Waals surface area (Å²) >= 11 is 0. The lowest BCUT2D eigenvalue weighted by Gasteiger charge is -2.30. The molecule has 0 aliphatic heterocycles. The molecule has 0 aromatic rings. The Balaban J connectivity index is 2.62. The molecule has 1 rings (SSSR count). The van der Waals surface area contributed by atoms with Crippen molar-refractivity contribution < 1.29 is 15.3 Å². The molecule has 18 heavy (non-hydrogen) atoms. The van der Waals surface area contributed by atoms with Gasteiger partial charge in [0.2, 0.25) is 0 Å². The Labute approximate surface area is 110 Å². The SMILES string of the molecule is C=C1CC[C@@H](O)C[C@@H]1/C(C)=C/C[C@@H](O)C(C)(C)O. The van der Waals surface area contributed by atoms with Crippen molar-refractivity contribution in [2.24, 2.45) is 5.92 Å². The van der Waals surface area contributed by atoms with E-state index in [2.05, 4.69) is 6.58 Å². The third-order valence-electron chi connectivity index (χ3n) is 3.83. The Hall–Kier alpha value is -0.640. The number of hydrogen-bond acceptors (Lipinski definition) is 3. The van der Waals surface area contributed by atoms with E-state index in [0.717, 1.165) is 30.4 Å². The second-order valence-electron chi connectivity index (χ2n) is 5.99. The molecule has 1 fully saturated rings. The van der Waals surface area contributed by atoms with Crippen LogP contribution in [0.4, 0.5) is 0 Å². The molecule has 104 valence electrons. The monoisotopic (exact) mass is 254 g/mol. The standard InChI is InChI=1S/C15H26O3/c1-10-5-7-12(16)9-13(10)11(2)6-8-14(17)15(3,4)18/h6,12-14,16-18H,1,5,7-9H2,2-4H3/b11-6+/t12-,13+,14-/m1/s1. The zero-order chi connectivity index (χ0) is 13.9. The van der Waals surface area contributed by atoms with Gasteiger partial charge in [0.15, 0.2) is 0 Å². The average molecular weight is 254 g/mol. The Morgan fingerprint density at radius 3 is 2.72 bits per heavy atom. The smallest absolute Gasteiger partial charge is 0.0856 e. The molecule has 0 aromatic carbocycles. The fraction of sp³-hybridized carbons (Fsp3) is 0.733. The summed E-state index contributed by atoms with van der Waals surface area (Å²) < 4.78 is 0. The predicted octanol–water partition coefficient (Wildman–Crippen LogP) is 2.17. The molecular formula is C15H26O3. The first kappa shape index (κ1) is 15.4. The average Bonchev–Trinajstić information content (AvgIpc) is 2.27. The molecule has 0 unspecified atom stereocenters. The van der Waals surface area contributed by atoms with E-state index < -0.39 is 11.7 Å². The van der Waals surface area contributed by atoms with Crippen molar-refractivity contribution in [1.82, 2.24) is 0 Å². The van der Waals surface area contributed by atoms with Gasteiger partial charge in [-0.1, -0.05) is 23.8 Å². The van der Waals surface area contributed by atoms with Gasteiger partial charge in [-0.25, -0.2) is 0 Å². The molecule has 3 N–H and O–H groups in total. The fourth-order valence-corrected chi connectivity index (χ4v) is 2.32. The molecule has 1 aliphatic carbocycles. The van der Waals surface area contributed by atoms with Gasteiger partial charge in [0, 0.05) is 5.92 Å². The second-order valence-corrected chi connectivity index (χ2v) is 5.99. The zero-order valence-corrected chi connectivity index (χ0v) is 11.7. The summed E-state index contributed by atoms with van der Waals surface area (Å²) in [6, 6.07) is 0. The molecule has 1 saturated carbocycles. The van der Waals surface area contributed by atoms with Crippen molar-refractivity contribution >= 4 is 0 Å².